The third-order valence-corrected chi connectivity index (χ3v) is 24.1. The number of thioether (sulfide) groups is 4. The van der Waals surface area contributed by atoms with Crippen molar-refractivity contribution < 1.29 is 138 Å². The second-order valence-corrected chi connectivity index (χ2v) is 39.1. The van der Waals surface area contributed by atoms with Crippen LogP contribution >= 0.6 is 47.0 Å². The molecule has 804 valence electrons. The fourth-order valence-electron chi connectivity index (χ4n) is 13.0. The summed E-state index contributed by atoms with van der Waals surface area (Å²) < 4.78 is 79.1. The molecule has 49 heteroatoms. The number of amides is 12. The topological polar surface area (TPSA) is 594 Å². The quantitative estimate of drug-likeness (QED) is 0.00834. The molecule has 0 fully saturated rings. The van der Waals surface area contributed by atoms with Crippen LogP contribution in [0.15, 0.2) is 170 Å². The van der Waals surface area contributed by atoms with Crippen molar-refractivity contribution in [2.75, 3.05) is 23.0 Å². The number of fused-ring (bicyclic) bond motifs is 8. The van der Waals surface area contributed by atoms with Crippen LogP contribution in [0.5, 0.6) is 5.75 Å². The van der Waals surface area contributed by atoms with Crippen LogP contribution in [0.4, 0.5) is 17.6 Å². The standard InChI is InChI=1S/C29H31FN4O7S.3C24H29FN4O6S/c1-3-22-27(38)34-24(14-18-7-9-19(36)10-8-18)29(40)41-20(6-4-5-13-42-17(2)35)15-26(37)31-16-25-21(30)11-12-23(32-25)28(39)33-22;1-13(2)20-24(34)35-17(7-5-6-10-36-15(4)30)11-19(31)26-12-16-8-9-18(25)21(28-16)23(33)27-14(3)22(32)29-20;1-13(2)21-24(34)35-16(7-5-6-10-36-15(4)30)11-20(31)26-12-19-17(25)8-9-18(28-19)23(33)27-14(3)22(32)29-21;1-13(2)21-24(34)35-18(7-5-6-8-36-15(4)30)11-20(31)26-12-17-9-16(25)10-19(28-17)23(33)27-14(3)22(32)29-21/h3-4,6-12,20,24,36H,5,13-16H2,1-2H3,(H,31,37)(H,33,39)(H,34,38);5,7-9,13,17,20H,3,6,10-12H2,1-2,4H3,(H,26,31)(H,27,33)(H,29,32);5,7-9,13,16,21H,3,6,10-12H2,1-2,4H3,(H,26,31)(H,27,33)(H,29,32);5,7,9-10,13,18,21H,3,6,8,11-12H2,1-2,4H3,(H,26,31)(H,27,33)(H,29,32)/b6-4+,22-3-;3*7-5+/t20-,24+;17-,20+;16-,21+;18-,21+/m1111/s1. The monoisotopic (exact) mass is 2160 g/mol. The van der Waals surface area contributed by atoms with Gasteiger partial charge in [-0.05, 0) is 135 Å². The van der Waals surface area contributed by atoms with Gasteiger partial charge in [-0.1, -0.05) is 151 Å². The van der Waals surface area contributed by atoms with Gasteiger partial charge in [-0.3, -0.25) is 76.7 Å². The minimum absolute atomic E-state index is 0.0129. The van der Waals surface area contributed by atoms with Gasteiger partial charge in [0.05, 0.1) is 91.7 Å². The van der Waals surface area contributed by atoms with Crippen LogP contribution in [0.1, 0.15) is 198 Å². The average Bonchev–Trinajstić information content (AvgIpc) is 0.844. The van der Waals surface area contributed by atoms with Crippen LogP contribution < -0.4 is 63.8 Å². The molecule has 13 N–H and O–H groups in total. The van der Waals surface area contributed by atoms with Gasteiger partial charge in [0.1, 0.15) is 94.6 Å². The molecule has 0 spiro atoms. The Labute approximate surface area is 878 Å². The number of benzene rings is 1. The van der Waals surface area contributed by atoms with Crippen molar-refractivity contribution >= 4 is 162 Å². The fraction of sp³-hybridized carbons (Fsp3) is 0.386. The molecular formula is C101H118F4N16O25S4. The lowest BCUT2D eigenvalue weighted by Crippen LogP contribution is -2.48. The van der Waals surface area contributed by atoms with Gasteiger partial charge in [-0.2, -0.15) is 0 Å². The summed E-state index contributed by atoms with van der Waals surface area (Å²) in [4.78, 5) is 264. The van der Waals surface area contributed by atoms with E-state index in [1.165, 1.54) is 77.1 Å². The van der Waals surface area contributed by atoms with Gasteiger partial charge in [0.15, 0.2) is 32.0 Å². The number of ether oxygens (including phenoxy) is 4. The second kappa shape index (κ2) is 62.9. The zero-order chi connectivity index (χ0) is 111. The molecule has 5 aromatic rings. The Morgan fingerprint density at radius 1 is 0.393 bits per heavy atom. The van der Waals surface area contributed by atoms with E-state index < -0.39 is 196 Å². The number of esters is 4. The van der Waals surface area contributed by atoms with Crippen LogP contribution in [0.2, 0.25) is 0 Å². The lowest BCUT2D eigenvalue weighted by atomic mass is 10.0. The Balaban J connectivity index is 0.000000306. The van der Waals surface area contributed by atoms with Gasteiger partial charge in [0.2, 0.25) is 23.6 Å². The van der Waals surface area contributed by atoms with Gasteiger partial charge in [0, 0.05) is 63.2 Å². The fourth-order valence-corrected chi connectivity index (χ4v) is 15.2. The molecule has 8 heterocycles. The molecular weight excluding hydrogens is 2040 g/mol. The number of nitrogens with one attached hydrogen (secondary N) is 12. The molecule has 0 saturated heterocycles. The van der Waals surface area contributed by atoms with Gasteiger partial charge in [0.25, 0.3) is 47.3 Å². The highest BCUT2D eigenvalue weighted by molar-refractivity contribution is 8.14. The number of aromatic nitrogens is 4. The average molecular weight is 2160 g/mol. The predicted octanol–water partition coefficient (Wildman–Crippen LogP) is 7.73. The first-order valence-electron chi connectivity index (χ1n) is 46.7. The number of phenols is 1. The van der Waals surface area contributed by atoms with E-state index in [9.17, 15) is 119 Å². The van der Waals surface area contributed by atoms with Gasteiger partial charge >= 0.3 is 23.9 Å². The molecule has 12 amide bonds. The van der Waals surface area contributed by atoms with Crippen molar-refractivity contribution in [1.82, 2.24) is 83.7 Å². The summed E-state index contributed by atoms with van der Waals surface area (Å²) >= 11 is 4.55. The van der Waals surface area contributed by atoms with Crippen LogP contribution in [0, 0.1) is 41.0 Å². The zero-order valence-corrected chi connectivity index (χ0v) is 87.1. The number of nitrogens with zero attached hydrogens (tertiary/aromatic N) is 4. The number of hydrogen-bond acceptors (Lipinski definition) is 33. The molecule has 41 nitrogen and oxygen atoms in total. The number of aromatic hydroxyl groups is 1. The molecule has 4 aromatic heterocycles. The number of phenolic OH excluding ortho intramolecular Hbond substituents is 1. The molecule has 4 aliphatic heterocycles. The Kier molecular flexibility index (Phi) is 51.8. The van der Waals surface area contributed by atoms with E-state index in [0.717, 1.165) is 89.5 Å². The minimum Gasteiger partial charge on any atom is -0.508 e. The van der Waals surface area contributed by atoms with E-state index >= 15 is 0 Å². The molecule has 8 bridgehead atoms. The van der Waals surface area contributed by atoms with Crippen molar-refractivity contribution in [2.24, 2.45) is 17.8 Å². The SMILES string of the molecule is C/C=C1\NC(=O)c2ccc(F)c(n2)CNC(=O)C[C@@H](/C=C/CCSC(C)=O)OC(=O)[C@H](Cc2ccc(O)cc2)NC1=O.C=C1NC(=O)c2cc(F)cc(n2)CNC(=O)C[C@@H](/C=C/CCSC(C)=O)OC(=O)[C@H](C(C)C)NC1=O.C=C1NC(=O)c2ccc(F)c(n2)CNC(=O)C[C@@H](/C=C/CCSC(C)=O)OC(=O)[C@H](C(C)C)NC1=O.C=C1NC(=O)c2nc(ccc2F)CNC(=O)C[C@@H](/C=C/CCSC(C)=O)OC(=O)[C@H](C(C)C)NC1=O. The summed E-state index contributed by atoms with van der Waals surface area (Å²) in [7, 11) is 0. The van der Waals surface area contributed by atoms with Gasteiger partial charge in [-0.25, -0.2) is 56.7 Å². The molecule has 0 unspecified atom stereocenters. The predicted molar refractivity (Wildman–Crippen MR) is 545 cm³/mol. The zero-order valence-electron chi connectivity index (χ0n) is 83.8. The van der Waals surface area contributed by atoms with Gasteiger partial charge < -0.3 is 87.9 Å². The van der Waals surface area contributed by atoms with E-state index in [2.05, 4.69) is 103 Å². The molecule has 150 heavy (non-hydrogen) atoms. The highest BCUT2D eigenvalue weighted by atomic mass is 32.2. The third-order valence-electron chi connectivity index (χ3n) is 20.7. The molecule has 4 aliphatic rings. The largest absolute Gasteiger partial charge is 0.508 e. The number of rotatable bonds is 21. The maximum Gasteiger partial charge on any atom is 0.329 e. The lowest BCUT2D eigenvalue weighted by molar-refractivity contribution is -0.153. The summed E-state index contributed by atoms with van der Waals surface area (Å²) in [5.41, 5.74) is -2.12. The number of carbonyl (C=O) groups excluding carboxylic acids is 20. The Morgan fingerprint density at radius 3 is 1.10 bits per heavy atom. The first-order valence-corrected chi connectivity index (χ1v) is 50.6. The number of hydrogen-bond donors (Lipinski definition) is 13. The summed E-state index contributed by atoms with van der Waals surface area (Å²) in [6, 6.07) is 10.0. The molecule has 8 atom stereocenters. The van der Waals surface area contributed by atoms with Crippen LogP contribution in [-0.2, 0) is 128 Å². The summed E-state index contributed by atoms with van der Waals surface area (Å²) in [6.07, 6.45) is 11.1. The summed E-state index contributed by atoms with van der Waals surface area (Å²) in [5.74, 6) is -14.5. The smallest absolute Gasteiger partial charge is 0.329 e. The first kappa shape index (κ1) is 124. The van der Waals surface area contributed by atoms with E-state index in [-0.39, 0.29) is 141 Å². The summed E-state index contributed by atoms with van der Waals surface area (Å²) in [6.45, 7) is 27.0. The van der Waals surface area contributed by atoms with E-state index in [4.69, 9.17) is 18.9 Å². The van der Waals surface area contributed by atoms with E-state index in [1.54, 1.807) is 84.1 Å². The minimum atomic E-state index is -1.25. The van der Waals surface area contributed by atoms with Crippen molar-refractivity contribution in [2.45, 2.75) is 209 Å². The maximum absolute atomic E-state index is 14.4. The van der Waals surface area contributed by atoms with Crippen molar-refractivity contribution in [3.05, 3.63) is 244 Å². The number of allylic oxidation sites excluding steroid dienone is 5. The molecule has 9 rings (SSSR count). The second-order valence-electron chi connectivity index (χ2n) is 34.0. The van der Waals surface area contributed by atoms with E-state index in [0.29, 0.717) is 54.3 Å². The van der Waals surface area contributed by atoms with Gasteiger partial charge in [-0.15, -0.1) is 0 Å². The Morgan fingerprint density at radius 2 is 0.733 bits per heavy atom. The number of cyclic esters (lactones) is 4. The van der Waals surface area contributed by atoms with Crippen LogP contribution in [0.3, 0.4) is 0 Å². The maximum atomic E-state index is 14.4. The van der Waals surface area contributed by atoms with Crippen molar-refractivity contribution in [3.8, 4) is 5.75 Å². The highest BCUT2D eigenvalue weighted by Crippen LogP contribution is 2.23. The number of pyridine rings is 4. The van der Waals surface area contributed by atoms with Crippen molar-refractivity contribution in [1.29, 1.82) is 0 Å². The third kappa shape index (κ3) is 44.5. The van der Waals surface area contributed by atoms with Crippen LogP contribution in [-0.4, -0.2) is 212 Å². The molecule has 1 aromatic carbocycles. The normalized spacial score (nSPS) is 20.0. The Hall–Kier alpha value is -15.1. The highest BCUT2D eigenvalue weighted by Gasteiger charge is 2.36. The first-order chi connectivity index (χ1) is 70.9. The Bertz CT molecular complexity index is 6040. The molecule has 0 aliphatic carbocycles. The van der Waals surface area contributed by atoms with Crippen molar-refractivity contribution in [3.63, 3.8) is 0 Å². The molecule has 0 saturated carbocycles. The lowest BCUT2D eigenvalue weighted by Gasteiger charge is -2.24. The summed E-state index contributed by atoms with van der Waals surface area (Å²) in [5, 5.41) is 38.8. The number of carbonyl (C=O) groups is 20. The number of halogens is 4. The van der Waals surface area contributed by atoms with Crippen LogP contribution in [0.25, 0.3) is 0 Å². The molecule has 0 radical (unpaired) electrons. The van der Waals surface area contributed by atoms with E-state index in [1.807, 2.05) is 0 Å².